The van der Waals surface area contributed by atoms with Gasteiger partial charge in [-0.2, -0.15) is 0 Å². The minimum absolute atomic E-state index is 0.0573. The lowest BCUT2D eigenvalue weighted by Gasteiger charge is -2.04. The van der Waals surface area contributed by atoms with Crippen molar-refractivity contribution in [2.45, 2.75) is 26.2 Å². The molecule has 0 aliphatic heterocycles. The average molecular weight is 252 g/mol. The minimum Gasteiger partial charge on any atom is -0.506 e. The molecule has 0 aliphatic carbocycles. The number of aromatic amines is 2. The second kappa shape index (κ2) is 4.52. The third kappa shape index (κ3) is 1.94. The van der Waals surface area contributed by atoms with E-state index in [0.29, 0.717) is 12.8 Å². The molecule has 0 bridgehead atoms. The molecular formula is C11H12N2O5. The van der Waals surface area contributed by atoms with Crippen LogP contribution in [0.5, 0.6) is 5.75 Å². The standard InChI is InChI=1S/C11H12N2O5/c1-2-3-4-5-7(14)6-8(15)12-11(17)13-9(6)18-10(5)16/h14H,2-4H2,1H3,(H2,12,13,15,17). The van der Waals surface area contributed by atoms with E-state index in [0.717, 1.165) is 6.42 Å². The first-order valence-electron chi connectivity index (χ1n) is 5.55. The molecule has 2 aromatic rings. The summed E-state index contributed by atoms with van der Waals surface area (Å²) in [4.78, 5) is 38.3. The molecule has 0 aromatic carbocycles. The van der Waals surface area contributed by atoms with Gasteiger partial charge in [0.1, 0.15) is 11.1 Å². The van der Waals surface area contributed by atoms with Gasteiger partial charge in [-0.3, -0.25) is 14.8 Å². The topological polar surface area (TPSA) is 116 Å². The largest absolute Gasteiger partial charge is 0.506 e. The van der Waals surface area contributed by atoms with Crippen molar-refractivity contribution >= 4 is 11.1 Å². The summed E-state index contributed by atoms with van der Waals surface area (Å²) in [6, 6.07) is 0. The van der Waals surface area contributed by atoms with E-state index in [-0.39, 0.29) is 16.7 Å². The van der Waals surface area contributed by atoms with Crippen molar-refractivity contribution in [3.63, 3.8) is 0 Å². The van der Waals surface area contributed by atoms with Crippen LogP contribution in [0.1, 0.15) is 25.3 Å². The fourth-order valence-electron chi connectivity index (χ4n) is 1.73. The van der Waals surface area contributed by atoms with E-state index in [4.69, 9.17) is 4.42 Å². The number of aromatic hydroxyl groups is 1. The molecule has 2 rings (SSSR count). The average Bonchev–Trinajstić information content (AvgIpc) is 2.27. The highest BCUT2D eigenvalue weighted by Crippen LogP contribution is 2.22. The van der Waals surface area contributed by atoms with E-state index in [1.165, 1.54) is 0 Å². The smallest absolute Gasteiger partial charge is 0.344 e. The van der Waals surface area contributed by atoms with Crippen LogP contribution >= 0.6 is 0 Å². The Hall–Kier alpha value is -2.31. The molecule has 0 atom stereocenters. The summed E-state index contributed by atoms with van der Waals surface area (Å²) >= 11 is 0. The van der Waals surface area contributed by atoms with Gasteiger partial charge in [-0.25, -0.2) is 9.59 Å². The van der Waals surface area contributed by atoms with Gasteiger partial charge in [0, 0.05) is 0 Å². The fraction of sp³-hybridized carbons (Fsp3) is 0.364. The molecule has 96 valence electrons. The Morgan fingerprint density at radius 2 is 1.94 bits per heavy atom. The van der Waals surface area contributed by atoms with Gasteiger partial charge in [-0.1, -0.05) is 13.3 Å². The first-order valence-corrected chi connectivity index (χ1v) is 5.55. The predicted octanol–water partition coefficient (Wildman–Crippen LogP) is 0.218. The Labute approximate surface area is 100 Å². The van der Waals surface area contributed by atoms with Crippen molar-refractivity contribution in [2.75, 3.05) is 0 Å². The maximum Gasteiger partial charge on any atom is 0.344 e. The van der Waals surface area contributed by atoms with Crippen molar-refractivity contribution in [1.29, 1.82) is 0 Å². The lowest BCUT2D eigenvalue weighted by molar-refractivity contribution is 0.451. The van der Waals surface area contributed by atoms with Crippen LogP contribution in [0.25, 0.3) is 11.1 Å². The zero-order valence-electron chi connectivity index (χ0n) is 9.70. The van der Waals surface area contributed by atoms with Gasteiger partial charge in [0.2, 0.25) is 5.71 Å². The third-order valence-corrected chi connectivity index (χ3v) is 2.65. The van der Waals surface area contributed by atoms with Crippen LogP contribution in [0.15, 0.2) is 18.8 Å². The molecule has 2 aromatic heterocycles. The Morgan fingerprint density at radius 3 is 2.61 bits per heavy atom. The van der Waals surface area contributed by atoms with E-state index in [1.807, 2.05) is 11.9 Å². The van der Waals surface area contributed by atoms with Crippen LogP contribution < -0.4 is 16.9 Å². The zero-order valence-corrected chi connectivity index (χ0v) is 9.70. The zero-order chi connectivity index (χ0) is 13.3. The molecule has 7 heteroatoms. The molecule has 0 radical (unpaired) electrons. The Bertz CT molecular complexity index is 753. The number of rotatable bonds is 3. The SMILES string of the molecule is CCCCc1c(O)c2c(=O)[nH]c(=O)[nH]c2oc1=O. The summed E-state index contributed by atoms with van der Waals surface area (Å²) in [5.41, 5.74) is -2.58. The number of aromatic nitrogens is 2. The van der Waals surface area contributed by atoms with Crippen molar-refractivity contribution in [2.24, 2.45) is 0 Å². The van der Waals surface area contributed by atoms with Gasteiger partial charge in [-0.05, 0) is 12.8 Å². The molecule has 0 saturated heterocycles. The van der Waals surface area contributed by atoms with Crippen LogP contribution in [0.2, 0.25) is 0 Å². The monoisotopic (exact) mass is 252 g/mol. The highest BCUT2D eigenvalue weighted by atomic mass is 16.4. The molecule has 0 spiro atoms. The van der Waals surface area contributed by atoms with Crippen LogP contribution in [-0.4, -0.2) is 15.1 Å². The van der Waals surface area contributed by atoms with Crippen molar-refractivity contribution in [3.8, 4) is 5.75 Å². The Kier molecular flexibility index (Phi) is 3.05. The van der Waals surface area contributed by atoms with Gasteiger partial charge < -0.3 is 9.52 Å². The summed E-state index contributed by atoms with van der Waals surface area (Å²) in [7, 11) is 0. The molecule has 2 heterocycles. The van der Waals surface area contributed by atoms with Gasteiger partial charge in [0.05, 0.1) is 5.56 Å². The summed E-state index contributed by atoms with van der Waals surface area (Å²) in [6.07, 6.45) is 1.84. The number of unbranched alkanes of at least 4 members (excludes halogenated alkanes) is 1. The van der Waals surface area contributed by atoms with Crippen molar-refractivity contribution < 1.29 is 9.52 Å². The first-order chi connectivity index (χ1) is 8.54. The molecule has 3 N–H and O–H groups in total. The second-order valence-corrected chi connectivity index (χ2v) is 3.93. The highest BCUT2D eigenvalue weighted by Gasteiger charge is 2.16. The van der Waals surface area contributed by atoms with Crippen molar-refractivity contribution in [1.82, 2.24) is 9.97 Å². The minimum atomic E-state index is -0.795. The molecular weight excluding hydrogens is 240 g/mol. The number of hydrogen-bond donors (Lipinski definition) is 3. The van der Waals surface area contributed by atoms with Gasteiger partial charge in [0.15, 0.2) is 0 Å². The quantitative estimate of drug-likeness (QED) is 0.722. The molecule has 18 heavy (non-hydrogen) atoms. The van der Waals surface area contributed by atoms with E-state index in [9.17, 15) is 19.5 Å². The molecule has 7 nitrogen and oxygen atoms in total. The highest BCUT2D eigenvalue weighted by molar-refractivity contribution is 5.79. The number of hydrogen-bond acceptors (Lipinski definition) is 5. The normalized spacial score (nSPS) is 10.9. The van der Waals surface area contributed by atoms with Crippen LogP contribution in [-0.2, 0) is 6.42 Å². The van der Waals surface area contributed by atoms with Gasteiger partial charge in [-0.15, -0.1) is 0 Å². The van der Waals surface area contributed by atoms with Gasteiger partial charge in [0.25, 0.3) is 5.56 Å². The molecule has 0 saturated carbocycles. The van der Waals surface area contributed by atoms with E-state index in [1.54, 1.807) is 0 Å². The Balaban J connectivity index is 2.81. The number of nitrogens with one attached hydrogen (secondary N) is 2. The van der Waals surface area contributed by atoms with Gasteiger partial charge >= 0.3 is 11.3 Å². The van der Waals surface area contributed by atoms with E-state index >= 15 is 0 Å². The van der Waals surface area contributed by atoms with Crippen LogP contribution in [0, 0.1) is 0 Å². The number of fused-ring (bicyclic) bond motifs is 1. The lowest BCUT2D eigenvalue weighted by atomic mass is 10.1. The maximum absolute atomic E-state index is 11.6. The summed E-state index contributed by atoms with van der Waals surface area (Å²) in [5.74, 6) is -0.424. The molecule has 0 unspecified atom stereocenters. The lowest BCUT2D eigenvalue weighted by Crippen LogP contribution is -2.23. The molecule has 0 aliphatic rings. The second-order valence-electron chi connectivity index (χ2n) is 3.93. The third-order valence-electron chi connectivity index (χ3n) is 2.65. The maximum atomic E-state index is 11.6. The number of H-pyrrole nitrogens is 2. The van der Waals surface area contributed by atoms with Crippen LogP contribution in [0.4, 0.5) is 0 Å². The van der Waals surface area contributed by atoms with E-state index in [2.05, 4.69) is 4.98 Å². The summed E-state index contributed by atoms with van der Waals surface area (Å²) in [5, 5.41) is 9.72. The van der Waals surface area contributed by atoms with Crippen LogP contribution in [0.3, 0.4) is 0 Å². The van der Waals surface area contributed by atoms with E-state index < -0.39 is 22.6 Å². The summed E-state index contributed by atoms with van der Waals surface area (Å²) in [6.45, 7) is 1.93. The molecule has 0 fully saturated rings. The van der Waals surface area contributed by atoms with Crippen molar-refractivity contribution in [3.05, 3.63) is 36.8 Å². The Morgan fingerprint density at radius 1 is 1.22 bits per heavy atom. The summed E-state index contributed by atoms with van der Waals surface area (Å²) < 4.78 is 4.84. The molecule has 0 amide bonds. The predicted molar refractivity (Wildman–Crippen MR) is 64.0 cm³/mol. The first kappa shape index (κ1) is 12.2. The fourth-order valence-corrected chi connectivity index (χ4v) is 1.73.